The average Bonchev–Trinajstić information content (AvgIpc) is 2.70. The first kappa shape index (κ1) is 17.7. The van der Waals surface area contributed by atoms with E-state index >= 15 is 0 Å². The summed E-state index contributed by atoms with van der Waals surface area (Å²) >= 11 is 0. The number of rotatable bonds is 6. The summed E-state index contributed by atoms with van der Waals surface area (Å²) < 4.78 is 5.16. The SMILES string of the molecule is COc1ccc(CN(C)C(=O)Cc2ccc(-c3ccccc3)cc2)cc1. The van der Waals surface area contributed by atoms with Crippen LogP contribution in [0.1, 0.15) is 11.1 Å². The van der Waals surface area contributed by atoms with Gasteiger partial charge in [0.05, 0.1) is 13.5 Å². The van der Waals surface area contributed by atoms with Crippen molar-refractivity contribution in [3.05, 3.63) is 90.0 Å². The molecule has 0 N–H and O–H groups in total. The zero-order chi connectivity index (χ0) is 18.4. The lowest BCUT2D eigenvalue weighted by Crippen LogP contribution is -2.27. The number of hydrogen-bond donors (Lipinski definition) is 0. The van der Waals surface area contributed by atoms with Crippen LogP contribution >= 0.6 is 0 Å². The Bertz CT molecular complexity index is 840. The van der Waals surface area contributed by atoms with E-state index < -0.39 is 0 Å². The molecule has 3 nitrogen and oxygen atoms in total. The predicted molar refractivity (Wildman–Crippen MR) is 105 cm³/mol. The quantitative estimate of drug-likeness (QED) is 0.655. The third-order valence-electron chi connectivity index (χ3n) is 4.42. The fraction of sp³-hybridized carbons (Fsp3) is 0.174. The second kappa shape index (κ2) is 8.34. The fourth-order valence-corrected chi connectivity index (χ4v) is 2.85. The first-order valence-electron chi connectivity index (χ1n) is 8.67. The molecule has 0 unspecified atom stereocenters. The molecule has 0 fully saturated rings. The molecule has 3 aromatic rings. The fourth-order valence-electron chi connectivity index (χ4n) is 2.85. The smallest absolute Gasteiger partial charge is 0.227 e. The van der Waals surface area contributed by atoms with Gasteiger partial charge in [-0.05, 0) is 34.4 Å². The molecule has 3 heteroatoms. The lowest BCUT2D eigenvalue weighted by Gasteiger charge is -2.17. The Morgan fingerprint density at radius 3 is 2.00 bits per heavy atom. The molecule has 0 saturated heterocycles. The molecule has 26 heavy (non-hydrogen) atoms. The van der Waals surface area contributed by atoms with Crippen molar-refractivity contribution in [2.75, 3.05) is 14.2 Å². The van der Waals surface area contributed by atoms with Gasteiger partial charge in [-0.3, -0.25) is 4.79 Å². The first-order valence-corrected chi connectivity index (χ1v) is 8.67. The zero-order valence-electron chi connectivity index (χ0n) is 15.2. The van der Waals surface area contributed by atoms with Crippen molar-refractivity contribution in [1.29, 1.82) is 0 Å². The molecule has 0 saturated carbocycles. The van der Waals surface area contributed by atoms with Crippen LogP contribution in [0.3, 0.4) is 0 Å². The Hall–Kier alpha value is -3.07. The van der Waals surface area contributed by atoms with Gasteiger partial charge in [0.15, 0.2) is 0 Å². The van der Waals surface area contributed by atoms with E-state index in [1.807, 2.05) is 61.6 Å². The Labute approximate surface area is 154 Å². The maximum Gasteiger partial charge on any atom is 0.227 e. The van der Waals surface area contributed by atoms with Crippen LogP contribution in [0.4, 0.5) is 0 Å². The van der Waals surface area contributed by atoms with Crippen LogP contribution in [-0.2, 0) is 17.8 Å². The monoisotopic (exact) mass is 345 g/mol. The zero-order valence-corrected chi connectivity index (χ0v) is 15.2. The topological polar surface area (TPSA) is 29.5 Å². The van der Waals surface area contributed by atoms with E-state index in [0.29, 0.717) is 13.0 Å². The Morgan fingerprint density at radius 1 is 0.808 bits per heavy atom. The van der Waals surface area contributed by atoms with E-state index in [0.717, 1.165) is 22.4 Å². The maximum absolute atomic E-state index is 12.5. The van der Waals surface area contributed by atoms with Gasteiger partial charge in [-0.2, -0.15) is 0 Å². The van der Waals surface area contributed by atoms with Crippen LogP contribution in [0, 0.1) is 0 Å². The number of hydrogen-bond acceptors (Lipinski definition) is 2. The van der Waals surface area contributed by atoms with Crippen molar-refractivity contribution in [2.24, 2.45) is 0 Å². The number of likely N-dealkylation sites (N-methyl/N-ethyl adjacent to an activating group) is 1. The van der Waals surface area contributed by atoms with E-state index in [4.69, 9.17) is 4.74 Å². The molecule has 0 aliphatic carbocycles. The lowest BCUT2D eigenvalue weighted by molar-refractivity contribution is -0.129. The lowest BCUT2D eigenvalue weighted by atomic mass is 10.0. The normalized spacial score (nSPS) is 10.4. The molecule has 3 rings (SSSR count). The highest BCUT2D eigenvalue weighted by Crippen LogP contribution is 2.20. The summed E-state index contributed by atoms with van der Waals surface area (Å²) in [5.74, 6) is 0.925. The second-order valence-electron chi connectivity index (χ2n) is 6.34. The second-order valence-corrected chi connectivity index (χ2v) is 6.34. The third kappa shape index (κ3) is 4.51. The Morgan fingerprint density at radius 2 is 1.38 bits per heavy atom. The van der Waals surface area contributed by atoms with Crippen molar-refractivity contribution >= 4 is 5.91 Å². The number of carbonyl (C=O) groups excluding carboxylic acids is 1. The molecule has 0 spiro atoms. The van der Waals surface area contributed by atoms with Gasteiger partial charge in [0.25, 0.3) is 0 Å². The number of ether oxygens (including phenoxy) is 1. The molecule has 0 atom stereocenters. The summed E-state index contributed by atoms with van der Waals surface area (Å²) in [7, 11) is 3.48. The number of methoxy groups -OCH3 is 1. The van der Waals surface area contributed by atoms with Gasteiger partial charge in [-0.25, -0.2) is 0 Å². The van der Waals surface area contributed by atoms with Gasteiger partial charge in [0, 0.05) is 13.6 Å². The molecule has 1 amide bonds. The molecule has 132 valence electrons. The van der Waals surface area contributed by atoms with Crippen LogP contribution in [0.25, 0.3) is 11.1 Å². The minimum absolute atomic E-state index is 0.105. The summed E-state index contributed by atoms with van der Waals surface area (Å²) in [6.07, 6.45) is 0.404. The van der Waals surface area contributed by atoms with Gasteiger partial charge in [0.2, 0.25) is 5.91 Å². The molecule has 3 aromatic carbocycles. The molecule has 0 radical (unpaired) electrons. The van der Waals surface area contributed by atoms with Crippen molar-refractivity contribution in [3.63, 3.8) is 0 Å². The van der Waals surface area contributed by atoms with Gasteiger partial charge in [-0.1, -0.05) is 66.7 Å². The number of benzene rings is 3. The molecule has 0 aliphatic rings. The van der Waals surface area contributed by atoms with Crippen molar-refractivity contribution in [2.45, 2.75) is 13.0 Å². The minimum atomic E-state index is 0.105. The van der Waals surface area contributed by atoms with Crippen molar-refractivity contribution in [1.82, 2.24) is 4.90 Å². The third-order valence-corrected chi connectivity index (χ3v) is 4.42. The largest absolute Gasteiger partial charge is 0.497 e. The van der Waals surface area contributed by atoms with Crippen LogP contribution < -0.4 is 4.74 Å². The minimum Gasteiger partial charge on any atom is -0.497 e. The maximum atomic E-state index is 12.5. The highest BCUT2D eigenvalue weighted by molar-refractivity contribution is 5.78. The molecule has 0 bridgehead atoms. The first-order chi connectivity index (χ1) is 12.7. The Kier molecular flexibility index (Phi) is 5.69. The summed E-state index contributed by atoms with van der Waals surface area (Å²) in [5.41, 5.74) is 4.45. The summed E-state index contributed by atoms with van der Waals surface area (Å²) in [5, 5.41) is 0. The average molecular weight is 345 g/mol. The van der Waals surface area contributed by atoms with Crippen LogP contribution in [-0.4, -0.2) is 25.0 Å². The summed E-state index contributed by atoms with van der Waals surface area (Å²) in [6.45, 7) is 0.588. The van der Waals surface area contributed by atoms with Gasteiger partial charge in [-0.15, -0.1) is 0 Å². The van der Waals surface area contributed by atoms with Crippen LogP contribution in [0.2, 0.25) is 0 Å². The summed E-state index contributed by atoms with van der Waals surface area (Å²) in [4.78, 5) is 14.3. The van der Waals surface area contributed by atoms with E-state index in [1.54, 1.807) is 12.0 Å². The van der Waals surface area contributed by atoms with Gasteiger partial charge < -0.3 is 9.64 Å². The standard InChI is InChI=1S/C23H23NO2/c1-24(17-19-10-14-22(26-2)15-11-19)23(25)16-18-8-12-21(13-9-18)20-6-4-3-5-7-20/h3-15H,16-17H2,1-2H3. The van der Waals surface area contributed by atoms with E-state index in [2.05, 4.69) is 24.3 Å². The number of amides is 1. The van der Waals surface area contributed by atoms with E-state index in [1.165, 1.54) is 5.56 Å². The highest BCUT2D eigenvalue weighted by atomic mass is 16.5. The van der Waals surface area contributed by atoms with Crippen LogP contribution in [0.5, 0.6) is 5.75 Å². The number of carbonyl (C=O) groups is 1. The predicted octanol–water partition coefficient (Wildman–Crippen LogP) is 4.56. The Balaban J connectivity index is 1.59. The van der Waals surface area contributed by atoms with Crippen molar-refractivity contribution < 1.29 is 9.53 Å². The van der Waals surface area contributed by atoms with E-state index in [-0.39, 0.29) is 5.91 Å². The molecule has 0 aromatic heterocycles. The molecular formula is C23H23NO2. The van der Waals surface area contributed by atoms with Crippen molar-refractivity contribution in [3.8, 4) is 16.9 Å². The molecule has 0 aliphatic heterocycles. The van der Waals surface area contributed by atoms with Gasteiger partial charge in [0.1, 0.15) is 5.75 Å². The van der Waals surface area contributed by atoms with E-state index in [9.17, 15) is 4.79 Å². The van der Waals surface area contributed by atoms with Gasteiger partial charge >= 0.3 is 0 Å². The molecule has 0 heterocycles. The number of nitrogens with zero attached hydrogens (tertiary/aromatic N) is 1. The highest BCUT2D eigenvalue weighted by Gasteiger charge is 2.10. The summed E-state index contributed by atoms with van der Waals surface area (Å²) in [6, 6.07) is 26.2. The molecular weight excluding hydrogens is 322 g/mol. The van der Waals surface area contributed by atoms with Crippen LogP contribution in [0.15, 0.2) is 78.9 Å².